The normalized spacial score (nSPS) is 11.8. The van der Waals surface area contributed by atoms with Gasteiger partial charge in [-0.3, -0.25) is 4.99 Å². The molecule has 2 heterocycles. The zero-order chi connectivity index (χ0) is 17.5. The summed E-state index contributed by atoms with van der Waals surface area (Å²) in [6.07, 6.45) is 7.19. The molecule has 25 heavy (non-hydrogen) atoms. The van der Waals surface area contributed by atoms with Crippen LogP contribution in [0, 0.1) is 6.92 Å². The van der Waals surface area contributed by atoms with Crippen LogP contribution in [0.15, 0.2) is 53.9 Å². The molecule has 0 aliphatic rings. The van der Waals surface area contributed by atoms with Crippen molar-refractivity contribution in [3.05, 3.63) is 60.0 Å². The van der Waals surface area contributed by atoms with Gasteiger partial charge in [0.05, 0.1) is 0 Å². The van der Waals surface area contributed by atoms with Crippen LogP contribution in [0.2, 0.25) is 0 Å². The lowest BCUT2D eigenvalue weighted by molar-refractivity contribution is 0.665. The van der Waals surface area contributed by atoms with E-state index in [2.05, 4.69) is 70.8 Å². The monoisotopic (exact) mass is 337 g/mol. The molecule has 0 saturated heterocycles. The Kier molecular flexibility index (Phi) is 5.77. The van der Waals surface area contributed by atoms with Crippen molar-refractivity contribution in [3.63, 3.8) is 0 Å². The van der Waals surface area contributed by atoms with Crippen molar-refractivity contribution in [1.82, 2.24) is 20.2 Å². The summed E-state index contributed by atoms with van der Waals surface area (Å²) in [5.74, 6) is 0.880. The van der Waals surface area contributed by atoms with Crippen LogP contribution in [0.25, 0.3) is 10.9 Å². The summed E-state index contributed by atoms with van der Waals surface area (Å²) >= 11 is 0. The molecule has 0 spiro atoms. The number of aromatic amines is 1. The van der Waals surface area contributed by atoms with Crippen molar-refractivity contribution in [2.24, 2.45) is 4.99 Å². The van der Waals surface area contributed by atoms with Gasteiger partial charge < -0.3 is 20.2 Å². The van der Waals surface area contributed by atoms with Crippen LogP contribution in [-0.2, 0) is 13.0 Å². The summed E-state index contributed by atoms with van der Waals surface area (Å²) in [6, 6.07) is 10.5. The van der Waals surface area contributed by atoms with Gasteiger partial charge in [-0.1, -0.05) is 18.2 Å². The Morgan fingerprint density at radius 2 is 2.00 bits per heavy atom. The van der Waals surface area contributed by atoms with Crippen LogP contribution in [0.5, 0.6) is 0 Å². The highest BCUT2D eigenvalue weighted by atomic mass is 15.2. The van der Waals surface area contributed by atoms with Crippen molar-refractivity contribution >= 4 is 16.9 Å². The average molecular weight is 337 g/mol. The van der Waals surface area contributed by atoms with Crippen molar-refractivity contribution in [3.8, 4) is 0 Å². The molecule has 0 radical (unpaired) electrons. The second kappa shape index (κ2) is 8.42. The number of hydrogen-bond acceptors (Lipinski definition) is 1. The zero-order valence-corrected chi connectivity index (χ0v) is 15.0. The molecule has 3 rings (SSSR count). The van der Waals surface area contributed by atoms with E-state index in [9.17, 15) is 0 Å². The molecule has 2 aromatic heterocycles. The van der Waals surface area contributed by atoms with Crippen molar-refractivity contribution < 1.29 is 0 Å². The van der Waals surface area contributed by atoms with E-state index in [4.69, 9.17) is 4.99 Å². The number of guanidine groups is 1. The van der Waals surface area contributed by atoms with Gasteiger partial charge in [-0.2, -0.15) is 0 Å². The Morgan fingerprint density at radius 3 is 2.80 bits per heavy atom. The van der Waals surface area contributed by atoms with Gasteiger partial charge in [-0.05, 0) is 43.5 Å². The quantitative estimate of drug-likeness (QED) is 0.458. The second-order valence-electron chi connectivity index (χ2n) is 6.17. The molecule has 1 aromatic carbocycles. The molecule has 0 fully saturated rings. The molecule has 5 heteroatoms. The van der Waals surface area contributed by atoms with Crippen LogP contribution in [-0.4, -0.2) is 35.1 Å². The fourth-order valence-corrected chi connectivity index (χ4v) is 3.02. The van der Waals surface area contributed by atoms with E-state index in [1.165, 1.54) is 22.0 Å². The minimum absolute atomic E-state index is 0.764. The van der Waals surface area contributed by atoms with E-state index in [-0.39, 0.29) is 0 Å². The number of benzene rings is 1. The summed E-state index contributed by atoms with van der Waals surface area (Å²) in [5.41, 5.74) is 3.84. The summed E-state index contributed by atoms with van der Waals surface area (Å²) in [5, 5.41) is 8.01. The van der Waals surface area contributed by atoms with Crippen molar-refractivity contribution in [2.45, 2.75) is 26.8 Å². The molecular weight excluding hydrogens is 310 g/mol. The minimum atomic E-state index is 0.764. The number of nitrogens with zero attached hydrogens (tertiary/aromatic N) is 2. The molecule has 0 unspecified atom stereocenters. The first-order valence-electron chi connectivity index (χ1n) is 8.96. The van der Waals surface area contributed by atoms with Gasteiger partial charge in [0.1, 0.15) is 0 Å². The summed E-state index contributed by atoms with van der Waals surface area (Å²) in [4.78, 5) is 8.09. The number of hydrogen-bond donors (Lipinski definition) is 3. The Hall–Kier alpha value is -2.69. The third-order valence-corrected chi connectivity index (χ3v) is 4.33. The number of H-pyrrole nitrogens is 1. The first-order valence-corrected chi connectivity index (χ1v) is 8.96. The smallest absolute Gasteiger partial charge is 0.191 e. The van der Waals surface area contributed by atoms with Crippen LogP contribution in [0.4, 0.5) is 0 Å². The number of aryl methyl sites for hydroxylation is 1. The van der Waals surface area contributed by atoms with E-state index >= 15 is 0 Å². The van der Waals surface area contributed by atoms with Crippen LogP contribution >= 0.6 is 0 Å². The highest BCUT2D eigenvalue weighted by molar-refractivity contribution is 5.86. The van der Waals surface area contributed by atoms with E-state index in [0.717, 1.165) is 38.6 Å². The molecule has 132 valence electrons. The fourth-order valence-electron chi connectivity index (χ4n) is 3.02. The number of aliphatic imine (C=N–C) groups is 1. The SMILES string of the molecule is CCNC(=NCCc1c[nH]c2c(C)cccc12)NCCn1cccc1. The molecule has 3 aromatic rings. The number of fused-ring (bicyclic) bond motifs is 1. The summed E-state index contributed by atoms with van der Waals surface area (Å²) < 4.78 is 2.16. The highest BCUT2D eigenvalue weighted by Crippen LogP contribution is 2.21. The van der Waals surface area contributed by atoms with Crippen molar-refractivity contribution in [1.29, 1.82) is 0 Å². The van der Waals surface area contributed by atoms with E-state index in [1.54, 1.807) is 0 Å². The third kappa shape index (κ3) is 4.44. The van der Waals surface area contributed by atoms with Crippen molar-refractivity contribution in [2.75, 3.05) is 19.6 Å². The average Bonchev–Trinajstić information content (AvgIpc) is 3.26. The molecule has 0 aliphatic heterocycles. The number of rotatable bonds is 7. The van der Waals surface area contributed by atoms with Gasteiger partial charge in [0.2, 0.25) is 0 Å². The zero-order valence-electron chi connectivity index (χ0n) is 15.0. The fraction of sp³-hybridized carbons (Fsp3) is 0.350. The molecule has 0 bridgehead atoms. The van der Waals surface area contributed by atoms with Crippen LogP contribution in [0.3, 0.4) is 0 Å². The van der Waals surface area contributed by atoms with E-state index in [0.29, 0.717) is 0 Å². The topological polar surface area (TPSA) is 57.1 Å². The maximum atomic E-state index is 4.71. The minimum Gasteiger partial charge on any atom is -0.361 e. The molecule has 0 saturated carbocycles. The second-order valence-corrected chi connectivity index (χ2v) is 6.17. The summed E-state index contributed by atoms with van der Waals surface area (Å²) in [7, 11) is 0. The molecule has 0 amide bonds. The molecule has 0 aliphatic carbocycles. The Balaban J connectivity index is 1.56. The van der Waals surface area contributed by atoms with Crippen LogP contribution in [0.1, 0.15) is 18.1 Å². The first kappa shape index (κ1) is 17.1. The van der Waals surface area contributed by atoms with E-state index < -0.39 is 0 Å². The predicted octanol–water partition coefficient (Wildman–Crippen LogP) is 3.08. The standard InChI is InChI=1S/C20H27N5/c1-3-21-20(23-11-14-25-12-4-5-13-25)22-10-9-17-15-24-19-16(2)7-6-8-18(17)19/h4-8,12-13,15,24H,3,9-11,14H2,1-2H3,(H2,21,22,23). The molecule has 3 N–H and O–H groups in total. The Labute approximate surface area is 149 Å². The third-order valence-electron chi connectivity index (χ3n) is 4.33. The van der Waals surface area contributed by atoms with Gasteiger partial charge in [0.25, 0.3) is 0 Å². The van der Waals surface area contributed by atoms with Gasteiger partial charge in [-0.15, -0.1) is 0 Å². The molecular formula is C20H27N5. The molecule has 5 nitrogen and oxygen atoms in total. The largest absolute Gasteiger partial charge is 0.361 e. The van der Waals surface area contributed by atoms with Gasteiger partial charge in [-0.25, -0.2) is 0 Å². The number of para-hydroxylation sites is 1. The van der Waals surface area contributed by atoms with E-state index in [1.807, 2.05) is 12.1 Å². The lowest BCUT2D eigenvalue weighted by Gasteiger charge is -2.11. The predicted molar refractivity (Wildman–Crippen MR) is 105 cm³/mol. The lowest BCUT2D eigenvalue weighted by atomic mass is 10.1. The lowest BCUT2D eigenvalue weighted by Crippen LogP contribution is -2.39. The number of aromatic nitrogens is 2. The maximum Gasteiger partial charge on any atom is 0.191 e. The van der Waals surface area contributed by atoms with Gasteiger partial charge in [0, 0.05) is 55.7 Å². The van der Waals surface area contributed by atoms with Gasteiger partial charge in [0.15, 0.2) is 5.96 Å². The maximum absolute atomic E-state index is 4.71. The van der Waals surface area contributed by atoms with Crippen LogP contribution < -0.4 is 10.6 Å². The molecule has 0 atom stereocenters. The Bertz CT molecular complexity index is 814. The number of nitrogens with one attached hydrogen (secondary N) is 3. The first-order chi connectivity index (χ1) is 12.3. The highest BCUT2D eigenvalue weighted by Gasteiger charge is 2.05. The van der Waals surface area contributed by atoms with Gasteiger partial charge >= 0.3 is 0 Å². The summed E-state index contributed by atoms with van der Waals surface area (Å²) in [6.45, 7) is 7.64. The Morgan fingerprint density at radius 1 is 1.16 bits per heavy atom.